The van der Waals surface area contributed by atoms with E-state index >= 15 is 0 Å². The van der Waals surface area contributed by atoms with Gasteiger partial charge in [0.1, 0.15) is 18.9 Å². The summed E-state index contributed by atoms with van der Waals surface area (Å²) in [5.41, 5.74) is 2.87. The number of ether oxygens (including phenoxy) is 1. The van der Waals surface area contributed by atoms with Gasteiger partial charge in [-0.2, -0.15) is 0 Å². The van der Waals surface area contributed by atoms with Crippen molar-refractivity contribution in [2.24, 2.45) is 0 Å². The van der Waals surface area contributed by atoms with Crippen LogP contribution >= 0.6 is 50.9 Å². The van der Waals surface area contributed by atoms with Crippen molar-refractivity contribution in [3.05, 3.63) is 96.8 Å². The molecule has 3 aromatic rings. The average Bonchev–Trinajstić information content (AvgIpc) is 3.09. The van der Waals surface area contributed by atoms with Gasteiger partial charge >= 0.3 is 0 Å². The summed E-state index contributed by atoms with van der Waals surface area (Å²) in [6, 6.07) is 17.8. The maximum Gasteiger partial charge on any atom is 0.294 e. The Balaban J connectivity index is 1.48. The lowest BCUT2D eigenvalue weighted by Crippen LogP contribution is -2.36. The fraction of sp³-hybridized carbons (Fsp3) is 0.115. The molecule has 0 aromatic heterocycles. The van der Waals surface area contributed by atoms with E-state index in [1.165, 1.54) is 0 Å². The Morgan fingerprint density at radius 2 is 1.78 bits per heavy atom. The topological polar surface area (TPSA) is 75.7 Å². The number of aryl methyl sites for hydroxylation is 1. The van der Waals surface area contributed by atoms with Crippen LogP contribution in [0.5, 0.6) is 5.75 Å². The number of halogens is 3. The molecule has 1 heterocycles. The van der Waals surface area contributed by atoms with Crippen LogP contribution in [0.1, 0.15) is 16.7 Å². The standard InChI is InChI=1S/C26H19BrCl2N2O4S/c1-15-2-6-20(29)12-21(15)30-24(32)13-31-25(33)23(36-26(31)34)11-17-10-18(27)5-9-22(17)35-14-16-3-7-19(28)8-4-16/h2-12H,13-14H2,1H3,(H,30,32)/b23-11+. The highest BCUT2D eigenvalue weighted by atomic mass is 79.9. The highest BCUT2D eigenvalue weighted by Gasteiger charge is 2.36. The predicted octanol–water partition coefficient (Wildman–Crippen LogP) is 7.32. The second-order valence-electron chi connectivity index (χ2n) is 7.87. The van der Waals surface area contributed by atoms with Gasteiger partial charge in [0.25, 0.3) is 11.1 Å². The molecule has 3 aromatic carbocycles. The average molecular weight is 606 g/mol. The maximum absolute atomic E-state index is 13.0. The first kappa shape index (κ1) is 26.3. The largest absolute Gasteiger partial charge is 0.488 e. The van der Waals surface area contributed by atoms with Gasteiger partial charge in [-0.15, -0.1) is 0 Å². The molecule has 3 amide bonds. The first-order chi connectivity index (χ1) is 17.2. The number of thioether (sulfide) groups is 1. The fourth-order valence-corrected chi connectivity index (χ4v) is 4.85. The van der Waals surface area contributed by atoms with Crippen LogP contribution in [0.4, 0.5) is 10.5 Å². The number of amides is 3. The molecule has 0 unspecified atom stereocenters. The van der Waals surface area contributed by atoms with Crippen LogP contribution in [-0.2, 0) is 16.2 Å². The van der Waals surface area contributed by atoms with Crippen LogP contribution in [0, 0.1) is 6.92 Å². The Morgan fingerprint density at radius 1 is 1.06 bits per heavy atom. The van der Waals surface area contributed by atoms with Crippen molar-refractivity contribution in [2.75, 3.05) is 11.9 Å². The molecule has 0 radical (unpaired) electrons. The molecule has 4 rings (SSSR count). The third-order valence-electron chi connectivity index (χ3n) is 5.22. The number of carbonyl (C=O) groups is 3. The number of hydrogen-bond acceptors (Lipinski definition) is 5. The minimum Gasteiger partial charge on any atom is -0.488 e. The third-order valence-corrected chi connectivity index (χ3v) is 7.10. The number of anilines is 1. The van der Waals surface area contributed by atoms with Crippen molar-refractivity contribution in [3.63, 3.8) is 0 Å². The summed E-state index contributed by atoms with van der Waals surface area (Å²) in [6.07, 6.45) is 1.59. The first-order valence-corrected chi connectivity index (χ1v) is 13.0. The quantitative estimate of drug-likeness (QED) is 0.286. The van der Waals surface area contributed by atoms with Crippen molar-refractivity contribution < 1.29 is 19.1 Å². The number of rotatable bonds is 7. The van der Waals surface area contributed by atoms with Crippen LogP contribution < -0.4 is 10.1 Å². The second-order valence-corrected chi connectivity index (χ2v) is 10.7. The highest BCUT2D eigenvalue weighted by Crippen LogP contribution is 2.35. The van der Waals surface area contributed by atoms with Gasteiger partial charge in [0.15, 0.2) is 0 Å². The molecule has 1 aliphatic heterocycles. The molecule has 1 aliphatic rings. The Hall–Kier alpha value is -2.78. The van der Waals surface area contributed by atoms with E-state index in [0.717, 1.165) is 32.3 Å². The molecule has 0 atom stereocenters. The molecule has 1 fully saturated rings. The van der Waals surface area contributed by atoms with E-state index in [2.05, 4.69) is 21.2 Å². The smallest absolute Gasteiger partial charge is 0.294 e. The van der Waals surface area contributed by atoms with Gasteiger partial charge in [-0.05, 0) is 78.4 Å². The van der Waals surface area contributed by atoms with Gasteiger partial charge in [0.05, 0.1) is 4.91 Å². The molecular formula is C26H19BrCl2N2O4S. The van der Waals surface area contributed by atoms with Gasteiger partial charge in [-0.25, -0.2) is 0 Å². The monoisotopic (exact) mass is 604 g/mol. The van der Waals surface area contributed by atoms with Gasteiger partial charge < -0.3 is 10.1 Å². The maximum atomic E-state index is 13.0. The molecule has 184 valence electrons. The Labute approximate surface area is 230 Å². The molecule has 0 saturated carbocycles. The lowest BCUT2D eigenvalue weighted by Gasteiger charge is -2.14. The lowest BCUT2D eigenvalue weighted by molar-refractivity contribution is -0.127. The number of nitrogens with zero attached hydrogens (tertiary/aromatic N) is 1. The lowest BCUT2D eigenvalue weighted by atomic mass is 10.1. The number of benzene rings is 3. The van der Waals surface area contributed by atoms with Crippen LogP contribution in [0.2, 0.25) is 10.0 Å². The van der Waals surface area contributed by atoms with E-state index < -0.39 is 23.6 Å². The minimum absolute atomic E-state index is 0.196. The summed E-state index contributed by atoms with van der Waals surface area (Å²) >= 11 is 16.1. The summed E-state index contributed by atoms with van der Waals surface area (Å²) in [6.45, 7) is 1.70. The minimum atomic E-state index is -0.549. The molecule has 0 bridgehead atoms. The van der Waals surface area contributed by atoms with Crippen molar-refractivity contribution >= 4 is 79.7 Å². The second kappa shape index (κ2) is 11.5. The Morgan fingerprint density at radius 3 is 2.53 bits per heavy atom. The zero-order valence-corrected chi connectivity index (χ0v) is 22.8. The Bertz CT molecular complexity index is 1380. The van der Waals surface area contributed by atoms with E-state index in [-0.39, 0.29) is 4.91 Å². The van der Waals surface area contributed by atoms with Gasteiger partial charge in [0, 0.05) is 25.8 Å². The number of imide groups is 1. The highest BCUT2D eigenvalue weighted by molar-refractivity contribution is 9.10. The summed E-state index contributed by atoms with van der Waals surface area (Å²) < 4.78 is 6.75. The van der Waals surface area contributed by atoms with Gasteiger partial charge in [-0.1, -0.05) is 57.3 Å². The summed E-state index contributed by atoms with van der Waals surface area (Å²) in [5.74, 6) is -0.515. The first-order valence-electron chi connectivity index (χ1n) is 10.7. The van der Waals surface area contributed by atoms with E-state index in [9.17, 15) is 14.4 Å². The molecule has 10 heteroatoms. The van der Waals surface area contributed by atoms with E-state index in [0.29, 0.717) is 33.7 Å². The molecule has 1 N–H and O–H groups in total. The van der Waals surface area contributed by atoms with E-state index in [1.807, 2.05) is 25.1 Å². The molecular weight excluding hydrogens is 587 g/mol. The molecule has 36 heavy (non-hydrogen) atoms. The molecule has 6 nitrogen and oxygen atoms in total. The normalized spacial score (nSPS) is 14.4. The zero-order valence-electron chi connectivity index (χ0n) is 18.9. The van der Waals surface area contributed by atoms with Crippen molar-refractivity contribution in [1.82, 2.24) is 4.90 Å². The molecule has 0 spiro atoms. The van der Waals surface area contributed by atoms with Crippen LogP contribution in [0.25, 0.3) is 6.08 Å². The molecule has 0 aliphatic carbocycles. The van der Waals surface area contributed by atoms with Crippen molar-refractivity contribution in [1.29, 1.82) is 0 Å². The van der Waals surface area contributed by atoms with Gasteiger partial charge in [-0.3, -0.25) is 19.3 Å². The van der Waals surface area contributed by atoms with Crippen LogP contribution in [-0.4, -0.2) is 28.5 Å². The predicted molar refractivity (Wildman–Crippen MR) is 147 cm³/mol. The summed E-state index contributed by atoms with van der Waals surface area (Å²) in [4.78, 5) is 39.2. The van der Waals surface area contributed by atoms with Crippen LogP contribution in [0.15, 0.2) is 70.0 Å². The van der Waals surface area contributed by atoms with Gasteiger partial charge in [0.2, 0.25) is 5.91 Å². The van der Waals surface area contributed by atoms with E-state index in [4.69, 9.17) is 27.9 Å². The van der Waals surface area contributed by atoms with Crippen molar-refractivity contribution in [2.45, 2.75) is 13.5 Å². The van der Waals surface area contributed by atoms with E-state index in [1.54, 1.807) is 48.5 Å². The number of hydrogen-bond donors (Lipinski definition) is 1. The number of nitrogens with one attached hydrogen (secondary N) is 1. The molecule has 1 saturated heterocycles. The van der Waals surface area contributed by atoms with Crippen LogP contribution in [0.3, 0.4) is 0 Å². The SMILES string of the molecule is Cc1ccc(Cl)cc1NC(=O)CN1C(=O)S/C(=C/c2cc(Br)ccc2OCc2ccc(Cl)cc2)C1=O. The zero-order chi connectivity index (χ0) is 25.8. The number of carbonyl (C=O) groups excluding carboxylic acids is 3. The third kappa shape index (κ3) is 6.50. The fourth-order valence-electron chi connectivity index (χ4n) is 3.35. The summed E-state index contributed by atoms with van der Waals surface area (Å²) in [5, 5.41) is 3.28. The summed E-state index contributed by atoms with van der Waals surface area (Å²) in [7, 11) is 0. The Kier molecular flexibility index (Phi) is 8.41. The van der Waals surface area contributed by atoms with Crippen molar-refractivity contribution in [3.8, 4) is 5.75 Å².